The Balaban J connectivity index is 1.04. The lowest BCUT2D eigenvalue weighted by Gasteiger charge is -2.44. The molecule has 0 amide bonds. The van der Waals surface area contributed by atoms with Gasteiger partial charge >= 0.3 is 6.85 Å². The van der Waals surface area contributed by atoms with E-state index in [4.69, 9.17) is 9.97 Å². The summed E-state index contributed by atoms with van der Waals surface area (Å²) in [4.78, 5) is 21.7. The van der Waals surface area contributed by atoms with Crippen LogP contribution in [0.15, 0.2) is 182 Å². The number of benzene rings is 7. The maximum atomic E-state index is 4.89. The largest absolute Gasteiger partial charge is 0.376 e. The molecule has 4 aliphatic heterocycles. The Labute approximate surface area is 326 Å². The fourth-order valence-corrected chi connectivity index (χ4v) is 9.30. The van der Waals surface area contributed by atoms with Gasteiger partial charge < -0.3 is 24.4 Å². The van der Waals surface area contributed by atoms with Crippen LogP contribution >= 0.6 is 0 Å². The minimum absolute atomic E-state index is 0.00828. The highest BCUT2D eigenvalue weighted by molar-refractivity contribution is 6.92. The van der Waals surface area contributed by atoms with Gasteiger partial charge in [0.1, 0.15) is 13.3 Å². The zero-order valence-electron chi connectivity index (χ0n) is 30.4. The van der Waals surface area contributed by atoms with Gasteiger partial charge in [-0.1, -0.05) is 109 Å². The van der Waals surface area contributed by atoms with E-state index in [-0.39, 0.29) is 6.85 Å². The van der Waals surface area contributed by atoms with Gasteiger partial charge in [0.15, 0.2) is 11.6 Å². The third-order valence-corrected chi connectivity index (χ3v) is 11.8. The van der Waals surface area contributed by atoms with Crippen molar-refractivity contribution in [2.75, 3.05) is 37.7 Å². The Morgan fingerprint density at radius 1 is 0.357 bits per heavy atom. The van der Waals surface area contributed by atoms with E-state index >= 15 is 0 Å². The number of para-hydroxylation sites is 4. The van der Waals surface area contributed by atoms with Crippen molar-refractivity contribution in [2.45, 2.75) is 0 Å². The van der Waals surface area contributed by atoms with Gasteiger partial charge in [0.05, 0.1) is 11.4 Å². The smallest absolute Gasteiger partial charge is 0.329 e. The lowest BCUT2D eigenvalue weighted by atomic mass is 9.43. The summed E-state index contributed by atoms with van der Waals surface area (Å²) in [6.45, 7) is 1.32. The SMILES string of the molecule is c1ccc(N2CN(c3ccc4c(c3)N3B(c5ccccc5-4)c4ccccc4-c4ccc(N5CN(c6ccccc6)c6nccnc65)cc43)c3ccccc32)cc1. The second kappa shape index (κ2) is 12.1. The lowest BCUT2D eigenvalue weighted by Crippen LogP contribution is -2.59. The summed E-state index contributed by atoms with van der Waals surface area (Å²) < 4.78 is 0. The molecule has 0 saturated carbocycles. The van der Waals surface area contributed by atoms with E-state index in [2.05, 4.69) is 194 Å². The molecule has 1 aromatic heterocycles. The lowest BCUT2D eigenvalue weighted by molar-refractivity contribution is 0.976. The topological polar surface area (TPSA) is 42.0 Å². The van der Waals surface area contributed by atoms with E-state index in [0.29, 0.717) is 6.67 Å². The van der Waals surface area contributed by atoms with Crippen LogP contribution in [0.1, 0.15) is 0 Å². The first-order chi connectivity index (χ1) is 27.8. The fourth-order valence-electron chi connectivity index (χ4n) is 9.30. The number of nitrogens with zero attached hydrogens (tertiary/aromatic N) is 7. The molecule has 0 radical (unpaired) electrons. The van der Waals surface area contributed by atoms with Crippen LogP contribution in [0, 0.1) is 0 Å². The minimum atomic E-state index is -0.00828. The molecule has 0 saturated heterocycles. The molecule has 7 aromatic carbocycles. The van der Waals surface area contributed by atoms with Gasteiger partial charge in [0, 0.05) is 57.6 Å². The van der Waals surface area contributed by atoms with Gasteiger partial charge in [0.2, 0.25) is 0 Å². The molecular formula is C48H34BN7. The Kier molecular flexibility index (Phi) is 6.71. The molecule has 5 heterocycles. The minimum Gasteiger partial charge on any atom is -0.376 e. The second-order valence-corrected chi connectivity index (χ2v) is 14.7. The van der Waals surface area contributed by atoms with Gasteiger partial charge in [-0.3, -0.25) is 0 Å². The van der Waals surface area contributed by atoms with E-state index in [1.165, 1.54) is 61.6 Å². The van der Waals surface area contributed by atoms with Crippen molar-refractivity contribution in [3.8, 4) is 22.3 Å². The molecule has 0 unspecified atom stereocenters. The van der Waals surface area contributed by atoms with Crippen molar-refractivity contribution in [1.82, 2.24) is 9.97 Å². The second-order valence-electron chi connectivity index (χ2n) is 14.7. The summed E-state index contributed by atoms with van der Waals surface area (Å²) >= 11 is 0. The molecule has 0 atom stereocenters. The van der Waals surface area contributed by atoms with Crippen LogP contribution in [0.2, 0.25) is 0 Å². The average Bonchev–Trinajstić information content (AvgIpc) is 3.86. The third kappa shape index (κ3) is 4.53. The maximum Gasteiger partial charge on any atom is 0.329 e. The third-order valence-electron chi connectivity index (χ3n) is 11.8. The van der Waals surface area contributed by atoms with Crippen molar-refractivity contribution in [3.05, 3.63) is 182 Å². The highest BCUT2D eigenvalue weighted by atomic mass is 15.4. The maximum absolute atomic E-state index is 4.89. The molecule has 4 aliphatic rings. The summed E-state index contributed by atoms with van der Waals surface area (Å²) in [6.07, 6.45) is 3.57. The van der Waals surface area contributed by atoms with Crippen LogP contribution in [-0.2, 0) is 0 Å². The van der Waals surface area contributed by atoms with Crippen molar-refractivity contribution < 1.29 is 0 Å². The van der Waals surface area contributed by atoms with Gasteiger partial charge in [-0.25, -0.2) is 9.97 Å². The normalized spacial score (nSPS) is 14.4. The summed E-state index contributed by atoms with van der Waals surface area (Å²) in [7, 11) is 0. The van der Waals surface area contributed by atoms with Crippen LogP contribution in [0.5, 0.6) is 0 Å². The van der Waals surface area contributed by atoms with Gasteiger partial charge in [0.25, 0.3) is 0 Å². The molecule has 7 nitrogen and oxygen atoms in total. The number of aromatic nitrogens is 2. The highest BCUT2D eigenvalue weighted by Crippen LogP contribution is 2.51. The van der Waals surface area contributed by atoms with Crippen molar-refractivity contribution in [1.29, 1.82) is 0 Å². The molecule has 0 bridgehead atoms. The molecule has 8 aromatic rings. The van der Waals surface area contributed by atoms with Crippen LogP contribution in [-0.4, -0.2) is 30.2 Å². The standard InChI is InChI=1S/C48H34BN7/c1-3-13-33(14-4-1)52-31-53(44-22-12-11-21-43(44)52)35-23-25-39-37-17-7-9-19-41(37)49-42-20-10-8-18-38(42)40-26-24-36(30-46(40)56(49)45(39)29-35)55-32-54(34-15-5-2-6-16-34)47-48(55)51-28-27-50-47/h1-30H,31-32H2. The van der Waals surface area contributed by atoms with Crippen LogP contribution in [0.4, 0.5) is 57.1 Å². The Morgan fingerprint density at radius 2 is 0.786 bits per heavy atom. The molecule has 0 fully saturated rings. The van der Waals surface area contributed by atoms with Crippen LogP contribution in [0.25, 0.3) is 22.3 Å². The van der Waals surface area contributed by atoms with E-state index in [1.54, 1.807) is 12.4 Å². The summed E-state index contributed by atoms with van der Waals surface area (Å²) in [5, 5.41) is 0. The summed E-state index contributed by atoms with van der Waals surface area (Å²) in [5.74, 6) is 1.71. The van der Waals surface area contributed by atoms with Crippen molar-refractivity contribution in [3.63, 3.8) is 0 Å². The molecular weight excluding hydrogens is 685 g/mol. The van der Waals surface area contributed by atoms with Crippen LogP contribution < -0.4 is 35.3 Å². The zero-order valence-corrected chi connectivity index (χ0v) is 30.4. The van der Waals surface area contributed by atoms with E-state index in [1.807, 2.05) is 0 Å². The molecule has 0 aliphatic carbocycles. The molecule has 56 heavy (non-hydrogen) atoms. The fraction of sp³-hybridized carbons (Fsp3) is 0.0417. The van der Waals surface area contributed by atoms with Crippen molar-refractivity contribution in [2.24, 2.45) is 0 Å². The van der Waals surface area contributed by atoms with Crippen molar-refractivity contribution >= 4 is 74.9 Å². The molecule has 8 heteroatoms. The summed E-state index contributed by atoms with van der Waals surface area (Å²) in [5.41, 5.74) is 16.9. The Morgan fingerprint density at radius 3 is 1.36 bits per heavy atom. The van der Waals surface area contributed by atoms with E-state index in [0.717, 1.165) is 35.4 Å². The van der Waals surface area contributed by atoms with E-state index in [9.17, 15) is 0 Å². The summed E-state index contributed by atoms with van der Waals surface area (Å²) in [6, 6.07) is 61.8. The Bertz CT molecular complexity index is 2640. The van der Waals surface area contributed by atoms with E-state index < -0.39 is 0 Å². The molecule has 264 valence electrons. The number of hydrogen-bond donors (Lipinski definition) is 0. The zero-order chi connectivity index (χ0) is 36.7. The first-order valence-corrected chi connectivity index (χ1v) is 19.2. The number of fused-ring (bicyclic) bond motifs is 13. The molecule has 0 N–H and O–H groups in total. The predicted octanol–water partition coefficient (Wildman–Crippen LogP) is 9.88. The monoisotopic (exact) mass is 719 g/mol. The number of rotatable bonds is 4. The highest BCUT2D eigenvalue weighted by Gasteiger charge is 2.43. The average molecular weight is 720 g/mol. The number of hydrogen-bond acceptors (Lipinski definition) is 7. The van der Waals surface area contributed by atoms with Gasteiger partial charge in [-0.2, -0.15) is 0 Å². The quantitative estimate of drug-likeness (QED) is 0.168. The first kappa shape index (κ1) is 31.1. The predicted molar refractivity (Wildman–Crippen MR) is 231 cm³/mol. The number of anilines is 10. The molecule has 12 rings (SSSR count). The first-order valence-electron chi connectivity index (χ1n) is 19.2. The van der Waals surface area contributed by atoms with Gasteiger partial charge in [-0.15, -0.1) is 0 Å². The molecule has 0 spiro atoms. The van der Waals surface area contributed by atoms with Crippen LogP contribution in [0.3, 0.4) is 0 Å². The Hall–Kier alpha value is -7.32. The van der Waals surface area contributed by atoms with Gasteiger partial charge in [-0.05, 0) is 82.7 Å².